The van der Waals surface area contributed by atoms with Gasteiger partial charge in [-0.15, -0.1) is 0 Å². The highest BCUT2D eigenvalue weighted by Crippen LogP contribution is 2.32. The van der Waals surface area contributed by atoms with Crippen molar-refractivity contribution in [2.45, 2.75) is 24.9 Å². The highest BCUT2D eigenvalue weighted by molar-refractivity contribution is 5.79. The molecule has 0 radical (unpaired) electrons. The van der Waals surface area contributed by atoms with Crippen molar-refractivity contribution in [3.8, 4) is 0 Å². The first-order valence-corrected chi connectivity index (χ1v) is 5.17. The lowest BCUT2D eigenvalue weighted by molar-refractivity contribution is -0.164. The molecule has 2 heterocycles. The van der Waals surface area contributed by atoms with E-state index in [0.717, 1.165) is 26.1 Å². The molecule has 0 spiro atoms. The molecule has 0 saturated carbocycles. The van der Waals surface area contributed by atoms with E-state index in [0.29, 0.717) is 18.8 Å². The maximum atomic E-state index is 11.4. The maximum Gasteiger partial charge on any atom is 0.337 e. The summed E-state index contributed by atoms with van der Waals surface area (Å²) in [5, 5.41) is 10.1. The maximum absolute atomic E-state index is 11.4. The van der Waals surface area contributed by atoms with Crippen molar-refractivity contribution in [3.05, 3.63) is 0 Å². The van der Waals surface area contributed by atoms with Crippen molar-refractivity contribution in [2.75, 3.05) is 26.7 Å². The third-order valence-electron chi connectivity index (χ3n) is 3.40. The van der Waals surface area contributed by atoms with Gasteiger partial charge in [-0.2, -0.15) is 0 Å². The predicted octanol–water partition coefficient (Wildman–Crippen LogP) is 0.00620. The number of methoxy groups -OCH3 is 1. The quantitative estimate of drug-likeness (QED) is 0.604. The molecule has 2 aliphatic heterocycles. The van der Waals surface area contributed by atoms with E-state index in [2.05, 4.69) is 9.64 Å². The van der Waals surface area contributed by atoms with Crippen molar-refractivity contribution >= 4 is 5.97 Å². The minimum absolute atomic E-state index is 0.460. The number of ether oxygens (including phenoxy) is 1. The summed E-state index contributed by atoms with van der Waals surface area (Å²) in [6.45, 7) is 2.95. The van der Waals surface area contributed by atoms with E-state index in [1.165, 1.54) is 7.11 Å². The molecular weight excluding hydrogens is 182 g/mol. The fourth-order valence-electron chi connectivity index (χ4n) is 2.58. The van der Waals surface area contributed by atoms with E-state index in [-0.39, 0.29) is 0 Å². The SMILES string of the molecule is COC(=O)C1(O)CCN2CCC(C2)C1. The lowest BCUT2D eigenvalue weighted by Gasteiger charge is -2.26. The Hall–Kier alpha value is -0.610. The third-order valence-corrected chi connectivity index (χ3v) is 3.40. The van der Waals surface area contributed by atoms with E-state index in [1.807, 2.05) is 0 Å². The van der Waals surface area contributed by atoms with Crippen LogP contribution in [0.25, 0.3) is 0 Å². The van der Waals surface area contributed by atoms with Crippen LogP contribution in [0.3, 0.4) is 0 Å². The van der Waals surface area contributed by atoms with Crippen LogP contribution in [-0.4, -0.2) is 48.3 Å². The molecule has 80 valence electrons. The highest BCUT2D eigenvalue weighted by Gasteiger charge is 2.43. The number of carbonyl (C=O) groups is 1. The van der Waals surface area contributed by atoms with Crippen LogP contribution in [0.1, 0.15) is 19.3 Å². The van der Waals surface area contributed by atoms with E-state index in [9.17, 15) is 9.90 Å². The number of nitrogens with zero attached hydrogens (tertiary/aromatic N) is 1. The van der Waals surface area contributed by atoms with E-state index in [4.69, 9.17) is 0 Å². The fraction of sp³-hybridized carbons (Fsp3) is 0.900. The summed E-state index contributed by atoms with van der Waals surface area (Å²) in [6, 6.07) is 0. The van der Waals surface area contributed by atoms with Gasteiger partial charge in [-0.05, 0) is 31.7 Å². The second kappa shape index (κ2) is 3.51. The van der Waals surface area contributed by atoms with Crippen LogP contribution in [0, 0.1) is 5.92 Å². The molecule has 2 fully saturated rings. The molecule has 0 aliphatic carbocycles. The Kier molecular flexibility index (Phi) is 2.49. The van der Waals surface area contributed by atoms with Gasteiger partial charge in [0.05, 0.1) is 7.11 Å². The zero-order chi connectivity index (χ0) is 10.2. The number of rotatable bonds is 1. The summed E-state index contributed by atoms with van der Waals surface area (Å²) in [5.41, 5.74) is -1.23. The number of hydrogen-bond acceptors (Lipinski definition) is 4. The van der Waals surface area contributed by atoms with Crippen molar-refractivity contribution in [1.29, 1.82) is 0 Å². The summed E-state index contributed by atoms with van der Waals surface area (Å²) in [7, 11) is 1.34. The van der Waals surface area contributed by atoms with Gasteiger partial charge in [0.25, 0.3) is 0 Å². The van der Waals surface area contributed by atoms with Gasteiger partial charge < -0.3 is 14.7 Å². The van der Waals surface area contributed by atoms with Gasteiger partial charge in [0.2, 0.25) is 0 Å². The minimum atomic E-state index is -1.23. The van der Waals surface area contributed by atoms with Gasteiger partial charge in [-0.3, -0.25) is 0 Å². The van der Waals surface area contributed by atoms with Gasteiger partial charge in [0.1, 0.15) is 0 Å². The Bertz CT molecular complexity index is 244. The van der Waals surface area contributed by atoms with Crippen LogP contribution in [0.5, 0.6) is 0 Å². The van der Waals surface area contributed by atoms with Gasteiger partial charge in [0.15, 0.2) is 5.60 Å². The predicted molar refractivity (Wildman–Crippen MR) is 50.7 cm³/mol. The Balaban J connectivity index is 2.10. The van der Waals surface area contributed by atoms with Crippen LogP contribution in [0.2, 0.25) is 0 Å². The smallest absolute Gasteiger partial charge is 0.337 e. The second-order valence-electron chi connectivity index (χ2n) is 4.43. The average Bonchev–Trinajstić information content (AvgIpc) is 2.52. The van der Waals surface area contributed by atoms with Crippen molar-refractivity contribution in [1.82, 2.24) is 4.90 Å². The number of esters is 1. The largest absolute Gasteiger partial charge is 0.467 e. The standard InChI is InChI=1S/C10H17NO3/c1-14-9(12)10(13)3-5-11-4-2-8(6-10)7-11/h8,13H,2-7H2,1H3. The van der Waals surface area contributed by atoms with E-state index in [1.54, 1.807) is 0 Å². The minimum Gasteiger partial charge on any atom is -0.467 e. The van der Waals surface area contributed by atoms with Crippen LogP contribution in [0.4, 0.5) is 0 Å². The molecule has 4 heteroatoms. The van der Waals surface area contributed by atoms with Crippen LogP contribution in [0.15, 0.2) is 0 Å². The highest BCUT2D eigenvalue weighted by atomic mass is 16.5. The van der Waals surface area contributed by atoms with Gasteiger partial charge in [0, 0.05) is 13.1 Å². The molecule has 1 N–H and O–H groups in total. The van der Waals surface area contributed by atoms with E-state index >= 15 is 0 Å². The Labute approximate surface area is 83.8 Å². The zero-order valence-electron chi connectivity index (χ0n) is 8.53. The average molecular weight is 199 g/mol. The first kappa shape index (κ1) is 9.93. The summed E-state index contributed by atoms with van der Waals surface area (Å²) in [4.78, 5) is 13.7. The second-order valence-corrected chi connectivity index (χ2v) is 4.43. The van der Waals surface area contributed by atoms with Crippen molar-refractivity contribution < 1.29 is 14.6 Å². The molecule has 2 saturated heterocycles. The summed E-state index contributed by atoms with van der Waals surface area (Å²) >= 11 is 0. The van der Waals surface area contributed by atoms with Crippen LogP contribution in [-0.2, 0) is 9.53 Å². The van der Waals surface area contributed by atoms with E-state index < -0.39 is 11.6 Å². The molecule has 3 atom stereocenters. The first-order valence-electron chi connectivity index (χ1n) is 5.17. The normalized spacial score (nSPS) is 41.9. The third kappa shape index (κ3) is 1.64. The monoisotopic (exact) mass is 199 g/mol. The summed E-state index contributed by atoms with van der Waals surface area (Å²) < 4.78 is 4.65. The molecular formula is C10H17NO3. The number of hydrogen-bond donors (Lipinski definition) is 1. The summed E-state index contributed by atoms with van der Waals surface area (Å²) in [5.74, 6) is -0.00662. The molecule has 0 amide bonds. The molecule has 0 aromatic carbocycles. The zero-order valence-corrected chi connectivity index (χ0v) is 8.53. The molecule has 0 aromatic heterocycles. The summed E-state index contributed by atoms with van der Waals surface area (Å²) in [6.07, 6.45) is 2.17. The van der Waals surface area contributed by atoms with Crippen LogP contribution >= 0.6 is 0 Å². The number of carbonyl (C=O) groups excluding carboxylic acids is 1. The lowest BCUT2D eigenvalue weighted by atomic mass is 9.88. The molecule has 2 rings (SSSR count). The van der Waals surface area contributed by atoms with Crippen molar-refractivity contribution in [3.63, 3.8) is 0 Å². The molecule has 3 unspecified atom stereocenters. The van der Waals surface area contributed by atoms with Gasteiger partial charge >= 0.3 is 5.97 Å². The van der Waals surface area contributed by atoms with Crippen LogP contribution < -0.4 is 0 Å². The molecule has 0 aromatic rings. The molecule has 4 nitrogen and oxygen atoms in total. The van der Waals surface area contributed by atoms with Crippen molar-refractivity contribution in [2.24, 2.45) is 5.92 Å². The molecule has 2 bridgehead atoms. The number of aliphatic hydroxyl groups is 1. The Morgan fingerprint density at radius 1 is 1.57 bits per heavy atom. The topological polar surface area (TPSA) is 49.8 Å². The number of fused-ring (bicyclic) bond motifs is 2. The molecule has 2 aliphatic rings. The van der Waals surface area contributed by atoms with Gasteiger partial charge in [-0.25, -0.2) is 4.79 Å². The first-order chi connectivity index (χ1) is 6.64. The lowest BCUT2D eigenvalue weighted by Crippen LogP contribution is -2.42. The van der Waals surface area contributed by atoms with Gasteiger partial charge in [-0.1, -0.05) is 0 Å². The Morgan fingerprint density at radius 2 is 2.36 bits per heavy atom. The molecule has 14 heavy (non-hydrogen) atoms. The Morgan fingerprint density at radius 3 is 3.07 bits per heavy atom. The fourth-order valence-corrected chi connectivity index (χ4v) is 2.58.